The molecule has 1 saturated heterocycles. The third-order valence-electron chi connectivity index (χ3n) is 4.31. The van der Waals surface area contributed by atoms with E-state index in [1.54, 1.807) is 38.5 Å². The van der Waals surface area contributed by atoms with Gasteiger partial charge < -0.3 is 10.2 Å². The van der Waals surface area contributed by atoms with Crippen LogP contribution in [0.4, 0.5) is 5.82 Å². The number of amides is 1. The van der Waals surface area contributed by atoms with Gasteiger partial charge in [0.15, 0.2) is 0 Å². The van der Waals surface area contributed by atoms with Crippen molar-refractivity contribution in [2.24, 2.45) is 0 Å². The quantitative estimate of drug-likeness (QED) is 0.866. The molecular formula is C17H22N6O2. The lowest BCUT2D eigenvalue weighted by Gasteiger charge is -2.33. The second-order valence-corrected chi connectivity index (χ2v) is 6.32. The largest absolute Gasteiger partial charge is 0.353 e. The SMILES string of the molecule is Cc1cc(C)n(CC(=O)N[C@@H]2CCCN(c3cnccn3)C2)c(=O)n1. The summed E-state index contributed by atoms with van der Waals surface area (Å²) < 4.78 is 1.39. The van der Waals surface area contributed by atoms with E-state index in [2.05, 4.69) is 25.2 Å². The van der Waals surface area contributed by atoms with E-state index in [4.69, 9.17) is 0 Å². The smallest absolute Gasteiger partial charge is 0.348 e. The maximum Gasteiger partial charge on any atom is 0.348 e. The van der Waals surface area contributed by atoms with Crippen molar-refractivity contribution in [3.63, 3.8) is 0 Å². The van der Waals surface area contributed by atoms with Crippen molar-refractivity contribution in [1.29, 1.82) is 0 Å². The van der Waals surface area contributed by atoms with E-state index in [-0.39, 0.29) is 18.5 Å². The van der Waals surface area contributed by atoms with Gasteiger partial charge in [-0.1, -0.05) is 0 Å². The van der Waals surface area contributed by atoms with Gasteiger partial charge in [0.25, 0.3) is 0 Å². The Morgan fingerprint density at radius 1 is 1.36 bits per heavy atom. The normalized spacial score (nSPS) is 17.4. The number of rotatable bonds is 4. The summed E-state index contributed by atoms with van der Waals surface area (Å²) in [5, 5.41) is 3.02. The minimum Gasteiger partial charge on any atom is -0.353 e. The summed E-state index contributed by atoms with van der Waals surface area (Å²) >= 11 is 0. The topological polar surface area (TPSA) is 93.0 Å². The molecule has 1 aliphatic heterocycles. The molecule has 1 aliphatic rings. The molecule has 8 nitrogen and oxygen atoms in total. The number of nitrogens with zero attached hydrogens (tertiary/aromatic N) is 5. The lowest BCUT2D eigenvalue weighted by molar-refractivity contribution is -0.122. The molecule has 2 aromatic rings. The zero-order valence-electron chi connectivity index (χ0n) is 14.5. The molecular weight excluding hydrogens is 320 g/mol. The van der Waals surface area contributed by atoms with E-state index in [0.29, 0.717) is 12.2 Å². The van der Waals surface area contributed by atoms with Gasteiger partial charge >= 0.3 is 5.69 Å². The number of aromatic nitrogens is 4. The average Bonchev–Trinajstić information content (AvgIpc) is 2.59. The van der Waals surface area contributed by atoms with E-state index in [1.807, 2.05) is 0 Å². The highest BCUT2D eigenvalue weighted by Crippen LogP contribution is 2.16. The first kappa shape index (κ1) is 17.1. The zero-order valence-corrected chi connectivity index (χ0v) is 14.5. The summed E-state index contributed by atoms with van der Waals surface area (Å²) in [6.45, 7) is 5.14. The summed E-state index contributed by atoms with van der Waals surface area (Å²) in [7, 11) is 0. The summed E-state index contributed by atoms with van der Waals surface area (Å²) in [5.74, 6) is 0.637. The van der Waals surface area contributed by atoms with Gasteiger partial charge in [-0.3, -0.25) is 14.3 Å². The van der Waals surface area contributed by atoms with E-state index in [0.717, 1.165) is 30.9 Å². The van der Waals surface area contributed by atoms with Crippen LogP contribution >= 0.6 is 0 Å². The Kier molecular flexibility index (Phi) is 5.06. The number of nitrogens with one attached hydrogen (secondary N) is 1. The Hall–Kier alpha value is -2.77. The first-order valence-corrected chi connectivity index (χ1v) is 8.38. The number of hydrogen-bond donors (Lipinski definition) is 1. The fraction of sp³-hybridized carbons (Fsp3) is 0.471. The second-order valence-electron chi connectivity index (χ2n) is 6.32. The molecule has 132 valence electrons. The van der Waals surface area contributed by atoms with Gasteiger partial charge in [0, 0.05) is 42.9 Å². The van der Waals surface area contributed by atoms with Gasteiger partial charge in [0.1, 0.15) is 12.4 Å². The van der Waals surface area contributed by atoms with Crippen molar-refractivity contribution in [2.45, 2.75) is 39.3 Å². The molecule has 1 amide bonds. The Bertz CT molecular complexity index is 805. The lowest BCUT2D eigenvalue weighted by atomic mass is 10.1. The van der Waals surface area contributed by atoms with Gasteiger partial charge in [-0.15, -0.1) is 0 Å². The van der Waals surface area contributed by atoms with Crippen LogP contribution in [0, 0.1) is 13.8 Å². The fourth-order valence-corrected chi connectivity index (χ4v) is 3.14. The lowest BCUT2D eigenvalue weighted by Crippen LogP contribution is -2.49. The van der Waals surface area contributed by atoms with E-state index >= 15 is 0 Å². The van der Waals surface area contributed by atoms with Gasteiger partial charge in [0.2, 0.25) is 5.91 Å². The van der Waals surface area contributed by atoms with Crippen LogP contribution in [0.25, 0.3) is 0 Å². The van der Waals surface area contributed by atoms with Crippen LogP contribution in [0.5, 0.6) is 0 Å². The first-order chi connectivity index (χ1) is 12.0. The van der Waals surface area contributed by atoms with E-state index < -0.39 is 5.69 Å². The van der Waals surface area contributed by atoms with Gasteiger partial charge in [0.05, 0.1) is 6.20 Å². The van der Waals surface area contributed by atoms with Crippen molar-refractivity contribution in [3.05, 3.63) is 46.5 Å². The van der Waals surface area contributed by atoms with Crippen molar-refractivity contribution < 1.29 is 4.79 Å². The number of carbonyl (C=O) groups excluding carboxylic acids is 1. The van der Waals surface area contributed by atoms with Gasteiger partial charge in [-0.2, -0.15) is 4.98 Å². The minimum atomic E-state index is -0.391. The van der Waals surface area contributed by atoms with Crippen molar-refractivity contribution in [2.75, 3.05) is 18.0 Å². The Morgan fingerprint density at radius 2 is 2.20 bits per heavy atom. The highest BCUT2D eigenvalue weighted by Gasteiger charge is 2.22. The van der Waals surface area contributed by atoms with Crippen molar-refractivity contribution >= 4 is 11.7 Å². The molecule has 0 aliphatic carbocycles. The van der Waals surface area contributed by atoms with Crippen LogP contribution in [0.15, 0.2) is 29.5 Å². The Balaban J connectivity index is 1.62. The second kappa shape index (κ2) is 7.42. The number of piperidine rings is 1. The standard InChI is InChI=1S/C17H22N6O2/c1-12-8-13(2)23(17(25)20-12)11-16(24)21-14-4-3-7-22(10-14)15-9-18-5-6-19-15/h5-6,8-9,14H,3-4,7,10-11H2,1-2H3,(H,21,24)/t14-/m1/s1. The number of anilines is 1. The molecule has 0 unspecified atom stereocenters. The monoisotopic (exact) mass is 342 g/mol. The molecule has 0 saturated carbocycles. The molecule has 2 aromatic heterocycles. The van der Waals surface area contributed by atoms with Crippen LogP contribution < -0.4 is 15.9 Å². The Labute approximate surface area is 145 Å². The van der Waals surface area contributed by atoms with Gasteiger partial charge in [-0.25, -0.2) is 9.78 Å². The summed E-state index contributed by atoms with van der Waals surface area (Å²) in [6, 6.07) is 1.82. The molecule has 3 heterocycles. The molecule has 3 rings (SSSR count). The molecule has 1 N–H and O–H groups in total. The van der Waals surface area contributed by atoms with Crippen molar-refractivity contribution in [3.8, 4) is 0 Å². The average molecular weight is 342 g/mol. The van der Waals surface area contributed by atoms with Crippen LogP contribution in [-0.2, 0) is 11.3 Å². The molecule has 8 heteroatoms. The summed E-state index contributed by atoms with van der Waals surface area (Å²) in [6.07, 6.45) is 6.90. The van der Waals surface area contributed by atoms with Gasteiger partial charge in [-0.05, 0) is 32.8 Å². The zero-order chi connectivity index (χ0) is 17.8. The summed E-state index contributed by atoms with van der Waals surface area (Å²) in [5.41, 5.74) is 1.00. The van der Waals surface area contributed by atoms with E-state index in [1.165, 1.54) is 4.57 Å². The predicted molar refractivity (Wildman–Crippen MR) is 93.4 cm³/mol. The molecule has 0 radical (unpaired) electrons. The number of aryl methyl sites for hydroxylation is 2. The van der Waals surface area contributed by atoms with Crippen molar-refractivity contribution in [1.82, 2.24) is 24.8 Å². The molecule has 1 atom stereocenters. The molecule has 0 spiro atoms. The predicted octanol–water partition coefficient (Wildman–Crippen LogP) is 0.435. The van der Waals surface area contributed by atoms with Crippen LogP contribution in [0.2, 0.25) is 0 Å². The first-order valence-electron chi connectivity index (χ1n) is 8.38. The number of carbonyl (C=O) groups is 1. The molecule has 25 heavy (non-hydrogen) atoms. The highest BCUT2D eigenvalue weighted by molar-refractivity contribution is 5.76. The highest BCUT2D eigenvalue weighted by atomic mass is 16.2. The van der Waals surface area contributed by atoms with E-state index in [9.17, 15) is 9.59 Å². The third kappa shape index (κ3) is 4.20. The summed E-state index contributed by atoms with van der Waals surface area (Å²) in [4.78, 5) is 38.8. The van der Waals surface area contributed by atoms with Crippen LogP contribution in [0.1, 0.15) is 24.2 Å². The number of hydrogen-bond acceptors (Lipinski definition) is 6. The fourth-order valence-electron chi connectivity index (χ4n) is 3.14. The minimum absolute atomic E-state index is 0.0143. The molecule has 1 fully saturated rings. The maximum absolute atomic E-state index is 12.4. The molecule has 0 bridgehead atoms. The molecule has 0 aromatic carbocycles. The van der Waals surface area contributed by atoms with Crippen LogP contribution in [0.3, 0.4) is 0 Å². The third-order valence-corrected chi connectivity index (χ3v) is 4.31. The maximum atomic E-state index is 12.4. The van der Waals surface area contributed by atoms with Crippen LogP contribution in [-0.4, -0.2) is 44.6 Å². The Morgan fingerprint density at radius 3 is 2.92 bits per heavy atom.